The molecule has 0 N–H and O–H groups in total. The summed E-state index contributed by atoms with van der Waals surface area (Å²) in [7, 11) is 0. The van der Waals surface area contributed by atoms with E-state index >= 15 is 0 Å². The zero-order valence-corrected chi connectivity index (χ0v) is 76.6. The average Bonchev–Trinajstić information content (AvgIpc) is 1.69. The zero-order chi connectivity index (χ0) is 92.4. The molecule has 0 aliphatic heterocycles. The van der Waals surface area contributed by atoms with E-state index in [1.807, 2.05) is 0 Å². The number of hydrogen-bond donors (Lipinski definition) is 0. The number of benzene rings is 28. The summed E-state index contributed by atoms with van der Waals surface area (Å²) in [5.74, 6) is 0. The van der Waals surface area contributed by atoms with Crippen LogP contribution in [0.3, 0.4) is 0 Å². The molecule has 3 nitrogen and oxygen atoms in total. The van der Waals surface area contributed by atoms with Crippen molar-refractivity contribution in [3.63, 3.8) is 0 Å². The molecule has 141 heavy (non-hydrogen) atoms. The van der Waals surface area contributed by atoms with Crippen LogP contribution >= 0.6 is 0 Å². The maximum atomic E-state index is 6.68. The van der Waals surface area contributed by atoms with Gasteiger partial charge in [0.15, 0.2) is 0 Å². The molecule has 0 aliphatic carbocycles. The van der Waals surface area contributed by atoms with Crippen molar-refractivity contribution in [2.45, 2.75) is 0 Å². The molecule has 0 unspecified atom stereocenters. The average molecular weight is 1790 g/mol. The fourth-order valence-electron chi connectivity index (χ4n) is 24.0. The van der Waals surface area contributed by atoms with Crippen LogP contribution in [-0.4, -0.2) is 0 Å². The zero-order valence-electron chi connectivity index (χ0n) is 76.6. The summed E-state index contributed by atoms with van der Waals surface area (Å²) in [6.07, 6.45) is 0. The summed E-state index contributed by atoms with van der Waals surface area (Å²) in [4.78, 5) is 0. The summed E-state index contributed by atoms with van der Waals surface area (Å²) in [6.45, 7) is 0. The Kier molecular flexibility index (Phi) is 18.1. The van der Waals surface area contributed by atoms with Crippen molar-refractivity contribution in [2.24, 2.45) is 0 Å². The molecule has 31 rings (SSSR count). The van der Waals surface area contributed by atoms with Crippen LogP contribution in [0.2, 0.25) is 0 Å². The van der Waals surface area contributed by atoms with Crippen molar-refractivity contribution in [1.82, 2.24) is 0 Å². The van der Waals surface area contributed by atoms with Crippen LogP contribution < -0.4 is 0 Å². The molecule has 0 saturated heterocycles. The lowest BCUT2D eigenvalue weighted by molar-refractivity contribution is 0.672. The van der Waals surface area contributed by atoms with Crippen molar-refractivity contribution < 1.29 is 13.3 Å². The summed E-state index contributed by atoms with van der Waals surface area (Å²) >= 11 is 0. The van der Waals surface area contributed by atoms with Gasteiger partial charge in [0.25, 0.3) is 0 Å². The Morgan fingerprint density at radius 3 is 0.709 bits per heavy atom. The molecule has 0 bridgehead atoms. The van der Waals surface area contributed by atoms with Crippen LogP contribution in [0.4, 0.5) is 0 Å². The standard InChI is InChI=1S/C48H28O.C46H28O.C44H26O/c1-2-12-33-29(11-1)21-22-30-27-31(23-25-34(30)33)45-38-16-6-8-18-40(38)46(41-19-9-7-17-39(41)45)32-24-26-44-43(28-32)47-37-15-5-3-13-35(37)36-14-4-10-20-42(36)48(47)49-44;1-2-13-29(14-3-1)30-15-12-16-31(27-30)43-36-20-7-9-22-38(36)44(39-23-10-8-21-37(39)43)32-25-26-42-41(28-32)45-35-19-6-4-17-33(35)34-18-5-11-24-40(34)46(45)47-42;1-2-14-29-27(12-1)13-11-23-32(29)42-36-20-8-6-18-34(36)41(35-19-7-9-21-37(35)42)28-24-25-40-39(26-28)43-33-17-5-3-15-30(33)31-16-4-10-22-38(31)44(43)45-40/h1-28H;1-28H;1-26H. The molecule has 0 spiro atoms. The highest BCUT2D eigenvalue weighted by atomic mass is 16.3. The van der Waals surface area contributed by atoms with Crippen LogP contribution in [-0.2, 0) is 0 Å². The van der Waals surface area contributed by atoms with Gasteiger partial charge in [-0.1, -0.05) is 449 Å². The first kappa shape index (κ1) is 79.8. The maximum Gasteiger partial charge on any atom is 0.143 e. The second kappa shape index (κ2) is 32.1. The third-order valence-electron chi connectivity index (χ3n) is 30.1. The fraction of sp³-hybridized carbons (Fsp3) is 0. The van der Waals surface area contributed by atoms with Crippen molar-refractivity contribution in [1.29, 1.82) is 0 Å². The molecule has 3 heteroatoms. The lowest BCUT2D eigenvalue weighted by Gasteiger charge is -2.18. The highest BCUT2D eigenvalue weighted by Crippen LogP contribution is 2.54. The normalized spacial score (nSPS) is 12.0. The molecule has 0 fully saturated rings. The van der Waals surface area contributed by atoms with Gasteiger partial charge >= 0.3 is 0 Å². The number of rotatable bonds is 7. The highest BCUT2D eigenvalue weighted by molar-refractivity contribution is 6.36. The first-order valence-corrected chi connectivity index (χ1v) is 48.6. The van der Waals surface area contributed by atoms with Gasteiger partial charge in [0.05, 0.1) is 0 Å². The van der Waals surface area contributed by atoms with Crippen molar-refractivity contribution >= 4 is 227 Å². The molecule has 0 aliphatic rings. The van der Waals surface area contributed by atoms with Gasteiger partial charge in [0, 0.05) is 48.5 Å². The van der Waals surface area contributed by atoms with Gasteiger partial charge in [0.2, 0.25) is 0 Å². The van der Waals surface area contributed by atoms with Crippen LogP contribution in [0.25, 0.3) is 305 Å². The Hall–Kier alpha value is -18.5. The molecule has 3 heterocycles. The van der Waals surface area contributed by atoms with E-state index in [1.165, 1.54) is 239 Å². The first-order chi connectivity index (χ1) is 70.0. The van der Waals surface area contributed by atoms with E-state index in [0.29, 0.717) is 0 Å². The molecule has 28 aromatic carbocycles. The molecular weight excluding hydrogens is 1710 g/mol. The molecule has 0 radical (unpaired) electrons. The molecule has 0 amide bonds. The predicted molar refractivity (Wildman–Crippen MR) is 602 cm³/mol. The minimum Gasteiger partial charge on any atom is -0.455 e. The van der Waals surface area contributed by atoms with Crippen LogP contribution in [0.15, 0.2) is 511 Å². The Bertz CT molecular complexity index is 10600. The molecule has 31 aromatic rings. The lowest BCUT2D eigenvalue weighted by Crippen LogP contribution is -1.91. The molecular formula is C138H82O3. The van der Waals surface area contributed by atoms with Crippen LogP contribution in [0.5, 0.6) is 0 Å². The third kappa shape index (κ3) is 12.5. The largest absolute Gasteiger partial charge is 0.455 e. The summed E-state index contributed by atoms with van der Waals surface area (Å²) in [5, 5.41) is 44.2. The van der Waals surface area contributed by atoms with E-state index in [4.69, 9.17) is 13.3 Å². The van der Waals surface area contributed by atoms with E-state index in [0.717, 1.165) is 65.8 Å². The summed E-state index contributed by atoms with van der Waals surface area (Å²) < 4.78 is 20.0. The minimum absolute atomic E-state index is 0.910. The van der Waals surface area contributed by atoms with E-state index in [2.05, 4.69) is 497 Å². The highest BCUT2D eigenvalue weighted by Gasteiger charge is 2.27. The molecule has 0 saturated carbocycles. The first-order valence-electron chi connectivity index (χ1n) is 48.6. The number of fused-ring (bicyclic) bond motifs is 34. The Balaban J connectivity index is 0.000000101. The van der Waals surface area contributed by atoms with Gasteiger partial charge in [-0.3, -0.25) is 0 Å². The van der Waals surface area contributed by atoms with E-state index in [-0.39, 0.29) is 0 Å². The maximum absolute atomic E-state index is 6.68. The minimum atomic E-state index is 0.910. The van der Waals surface area contributed by atoms with Gasteiger partial charge in [-0.15, -0.1) is 0 Å². The van der Waals surface area contributed by atoms with E-state index < -0.39 is 0 Å². The quantitative estimate of drug-likeness (QED) is 0.118. The fourth-order valence-corrected chi connectivity index (χ4v) is 24.0. The summed E-state index contributed by atoms with van der Waals surface area (Å²) in [6, 6.07) is 181. The second-order valence-electron chi connectivity index (χ2n) is 37.5. The number of furan rings is 3. The Morgan fingerprint density at radius 2 is 0.340 bits per heavy atom. The molecule has 0 atom stereocenters. The van der Waals surface area contributed by atoms with Gasteiger partial charge in [0.1, 0.15) is 33.5 Å². The second-order valence-corrected chi connectivity index (χ2v) is 37.5. The SMILES string of the molecule is c1ccc(-c2cccc(-c3c4ccccc4c(-c4ccc5oc6c7ccccc7c7ccccc7c6c5c4)c4ccccc34)c2)cc1.c1ccc2c(-c3c4ccccc4c(-c4ccc5oc6c7ccccc7c7ccccc7c6c5c4)c4ccccc34)cccc2c1.c1ccc2c(c1)ccc1cc(-c3c4ccccc4c(-c4ccc5oc6c7ccccc7c7ccccc7c6c5c4)c4ccccc34)ccc12. The monoisotopic (exact) mass is 1790 g/mol. The van der Waals surface area contributed by atoms with Crippen molar-refractivity contribution in [2.75, 3.05) is 0 Å². The lowest BCUT2D eigenvalue weighted by atomic mass is 9.84. The van der Waals surface area contributed by atoms with Crippen LogP contribution in [0, 0.1) is 0 Å². The van der Waals surface area contributed by atoms with Gasteiger partial charge in [-0.25, -0.2) is 0 Å². The van der Waals surface area contributed by atoms with Gasteiger partial charge < -0.3 is 13.3 Å². The molecule has 652 valence electrons. The van der Waals surface area contributed by atoms with Gasteiger partial charge in [-0.2, -0.15) is 0 Å². The molecule has 3 aromatic heterocycles. The third-order valence-corrected chi connectivity index (χ3v) is 30.1. The Morgan fingerprint density at radius 1 is 0.106 bits per heavy atom. The van der Waals surface area contributed by atoms with Crippen molar-refractivity contribution in [3.8, 4) is 77.9 Å². The van der Waals surface area contributed by atoms with Crippen LogP contribution in [0.1, 0.15) is 0 Å². The topological polar surface area (TPSA) is 39.4 Å². The van der Waals surface area contributed by atoms with E-state index in [1.54, 1.807) is 0 Å². The van der Waals surface area contributed by atoms with E-state index in [9.17, 15) is 0 Å². The van der Waals surface area contributed by atoms with Crippen molar-refractivity contribution in [3.05, 3.63) is 497 Å². The smallest absolute Gasteiger partial charge is 0.143 e. The predicted octanol–water partition coefficient (Wildman–Crippen LogP) is 39.7. The summed E-state index contributed by atoms with van der Waals surface area (Å²) in [5.41, 5.74) is 22.9. The van der Waals surface area contributed by atoms with Gasteiger partial charge in [-0.05, 0) is 272 Å². The number of hydrogen-bond acceptors (Lipinski definition) is 3. The Labute approximate surface area is 810 Å².